The van der Waals surface area contributed by atoms with Crippen LogP contribution in [0.4, 0.5) is 5.69 Å². The van der Waals surface area contributed by atoms with Gasteiger partial charge in [0.1, 0.15) is 17.5 Å². The molecule has 1 aliphatic carbocycles. The highest BCUT2D eigenvalue weighted by Gasteiger charge is 2.49. The first-order valence-corrected chi connectivity index (χ1v) is 12.0. The van der Waals surface area contributed by atoms with Crippen LogP contribution in [0.15, 0.2) is 53.4 Å². The van der Waals surface area contributed by atoms with Crippen molar-refractivity contribution in [3.05, 3.63) is 48.5 Å². The van der Waals surface area contributed by atoms with E-state index in [2.05, 4.69) is 0 Å². The summed E-state index contributed by atoms with van der Waals surface area (Å²) in [6, 6.07) is 11.3. The van der Waals surface area contributed by atoms with Crippen LogP contribution in [-0.2, 0) is 19.6 Å². The second-order valence-corrected chi connectivity index (χ2v) is 9.78. The zero-order chi connectivity index (χ0) is 22.9. The zero-order valence-electron chi connectivity index (χ0n) is 18.1. The molecule has 0 radical (unpaired) electrons. The molecule has 2 aromatic carbocycles. The van der Waals surface area contributed by atoms with Crippen LogP contribution in [0.25, 0.3) is 0 Å². The molecule has 1 atom stereocenters. The highest BCUT2D eigenvalue weighted by Crippen LogP contribution is 2.36. The van der Waals surface area contributed by atoms with E-state index in [0.29, 0.717) is 30.0 Å². The summed E-state index contributed by atoms with van der Waals surface area (Å²) < 4.78 is 38.9. The van der Waals surface area contributed by atoms with Gasteiger partial charge in [-0.25, -0.2) is 13.3 Å². The minimum Gasteiger partial charge on any atom is -0.497 e. The minimum atomic E-state index is -4.01. The van der Waals surface area contributed by atoms with Crippen molar-refractivity contribution in [3.63, 3.8) is 0 Å². The van der Waals surface area contributed by atoms with Crippen LogP contribution in [0.2, 0.25) is 0 Å². The van der Waals surface area contributed by atoms with Crippen LogP contribution in [-0.4, -0.2) is 50.8 Å². The molecule has 2 amide bonds. The molecule has 1 saturated heterocycles. The lowest BCUT2D eigenvalue weighted by atomic mass is 10.2. The van der Waals surface area contributed by atoms with Gasteiger partial charge in [0, 0.05) is 6.04 Å². The van der Waals surface area contributed by atoms with Gasteiger partial charge in [-0.2, -0.15) is 4.31 Å². The molecule has 0 spiro atoms. The van der Waals surface area contributed by atoms with Gasteiger partial charge in [0.15, 0.2) is 0 Å². The molecular weight excluding hydrogens is 432 g/mol. The first kappa shape index (κ1) is 22.3. The number of ether oxygens (including phenoxy) is 2. The molecule has 8 nitrogen and oxygen atoms in total. The molecule has 9 heteroatoms. The molecule has 32 heavy (non-hydrogen) atoms. The number of carbonyl (C=O) groups is 2. The second kappa shape index (κ2) is 8.91. The second-order valence-electron chi connectivity index (χ2n) is 7.93. The molecule has 1 heterocycles. The maximum absolute atomic E-state index is 13.7. The van der Waals surface area contributed by atoms with E-state index in [0.717, 1.165) is 17.7 Å². The van der Waals surface area contributed by atoms with Gasteiger partial charge >= 0.3 is 0 Å². The van der Waals surface area contributed by atoms with Gasteiger partial charge in [-0.05, 0) is 61.4 Å². The molecule has 2 aromatic rings. The Morgan fingerprint density at radius 2 is 1.41 bits per heavy atom. The Morgan fingerprint density at radius 3 is 1.94 bits per heavy atom. The van der Waals surface area contributed by atoms with Crippen LogP contribution in [0.5, 0.6) is 11.5 Å². The third-order valence-electron chi connectivity index (χ3n) is 6.08. The van der Waals surface area contributed by atoms with E-state index in [4.69, 9.17) is 9.47 Å². The number of methoxy groups -OCH3 is 2. The number of sulfonamides is 1. The summed E-state index contributed by atoms with van der Waals surface area (Å²) in [5, 5.41) is 0. The summed E-state index contributed by atoms with van der Waals surface area (Å²) in [6.07, 6.45) is 2.91. The smallest absolute Gasteiger partial charge is 0.252 e. The monoisotopic (exact) mass is 458 g/mol. The third-order valence-corrected chi connectivity index (χ3v) is 8.06. The van der Waals surface area contributed by atoms with Crippen molar-refractivity contribution in [1.29, 1.82) is 0 Å². The lowest BCUT2D eigenvalue weighted by Crippen LogP contribution is -2.49. The lowest BCUT2D eigenvalue weighted by Gasteiger charge is -2.32. The minimum absolute atomic E-state index is 0.0772. The van der Waals surface area contributed by atoms with Gasteiger partial charge in [0.2, 0.25) is 15.9 Å². The first-order valence-electron chi connectivity index (χ1n) is 10.5. The fourth-order valence-corrected chi connectivity index (χ4v) is 6.29. The zero-order valence-corrected chi connectivity index (χ0v) is 18.9. The number of benzene rings is 2. The van der Waals surface area contributed by atoms with Crippen LogP contribution in [0, 0.1) is 0 Å². The molecule has 170 valence electrons. The Balaban J connectivity index is 1.70. The van der Waals surface area contributed by atoms with E-state index in [-0.39, 0.29) is 17.4 Å². The molecular formula is C23H26N2O6S. The number of imide groups is 1. The third kappa shape index (κ3) is 3.98. The summed E-state index contributed by atoms with van der Waals surface area (Å²) in [4.78, 5) is 27.4. The van der Waals surface area contributed by atoms with Gasteiger partial charge in [-0.1, -0.05) is 12.8 Å². The van der Waals surface area contributed by atoms with Crippen molar-refractivity contribution in [2.24, 2.45) is 0 Å². The van der Waals surface area contributed by atoms with Crippen LogP contribution in [0.3, 0.4) is 0 Å². The van der Waals surface area contributed by atoms with Gasteiger partial charge in [-0.3, -0.25) is 9.59 Å². The van der Waals surface area contributed by atoms with Crippen molar-refractivity contribution in [1.82, 2.24) is 4.31 Å². The summed E-state index contributed by atoms with van der Waals surface area (Å²) in [7, 11) is -0.974. The topological polar surface area (TPSA) is 93.2 Å². The molecule has 1 aliphatic heterocycles. The Hall–Kier alpha value is -2.91. The number of hydrogen-bond donors (Lipinski definition) is 0. The molecule has 2 aliphatic rings. The molecule has 4 rings (SSSR count). The summed E-state index contributed by atoms with van der Waals surface area (Å²) in [6.45, 7) is 0. The molecule has 0 N–H and O–H groups in total. The van der Waals surface area contributed by atoms with E-state index < -0.39 is 27.9 Å². The number of anilines is 1. The van der Waals surface area contributed by atoms with Crippen LogP contribution < -0.4 is 14.4 Å². The highest BCUT2D eigenvalue weighted by molar-refractivity contribution is 7.89. The maximum atomic E-state index is 13.7. The number of nitrogens with zero attached hydrogens (tertiary/aromatic N) is 2. The highest BCUT2D eigenvalue weighted by atomic mass is 32.2. The number of hydrogen-bond acceptors (Lipinski definition) is 6. The fourth-order valence-electron chi connectivity index (χ4n) is 4.46. The largest absolute Gasteiger partial charge is 0.497 e. The predicted octanol–water partition coefficient (Wildman–Crippen LogP) is 2.97. The quantitative estimate of drug-likeness (QED) is 0.592. The van der Waals surface area contributed by atoms with Gasteiger partial charge < -0.3 is 9.47 Å². The average molecular weight is 459 g/mol. The SMILES string of the molecule is COc1ccc(N2C(=O)CC(N(C3CCCC3)S(=O)(=O)c3ccc(OC)cc3)C2=O)cc1. The predicted molar refractivity (Wildman–Crippen MR) is 118 cm³/mol. The van der Waals surface area contributed by atoms with Crippen LogP contribution >= 0.6 is 0 Å². The van der Waals surface area contributed by atoms with Gasteiger partial charge in [0.05, 0.1) is 31.2 Å². The van der Waals surface area contributed by atoms with Crippen molar-refractivity contribution in [3.8, 4) is 11.5 Å². The lowest BCUT2D eigenvalue weighted by molar-refractivity contribution is -0.122. The molecule has 1 saturated carbocycles. The van der Waals surface area contributed by atoms with E-state index in [1.54, 1.807) is 36.4 Å². The first-order chi connectivity index (χ1) is 15.4. The van der Waals surface area contributed by atoms with E-state index in [9.17, 15) is 18.0 Å². The fraction of sp³-hybridized carbons (Fsp3) is 0.391. The molecule has 2 fully saturated rings. The molecule has 0 aromatic heterocycles. The van der Waals surface area contributed by atoms with Gasteiger partial charge in [-0.15, -0.1) is 0 Å². The number of amides is 2. The van der Waals surface area contributed by atoms with E-state index in [1.165, 1.54) is 30.7 Å². The Labute approximate surface area is 187 Å². The normalized spacial score (nSPS) is 19.7. The summed E-state index contributed by atoms with van der Waals surface area (Å²) in [5.74, 6) is 0.190. The van der Waals surface area contributed by atoms with E-state index >= 15 is 0 Å². The molecule has 0 bridgehead atoms. The van der Waals surface area contributed by atoms with Crippen molar-refractivity contribution < 1.29 is 27.5 Å². The van der Waals surface area contributed by atoms with Crippen molar-refractivity contribution in [2.75, 3.05) is 19.1 Å². The van der Waals surface area contributed by atoms with Crippen molar-refractivity contribution in [2.45, 2.75) is 49.1 Å². The Morgan fingerprint density at radius 1 is 0.875 bits per heavy atom. The standard InChI is InChI=1S/C23H26N2O6S/c1-30-18-9-7-16(8-10-18)24-22(26)15-21(23(24)27)25(17-5-3-4-6-17)32(28,29)20-13-11-19(31-2)12-14-20/h7-14,17,21H,3-6,15H2,1-2H3. The number of rotatable bonds is 7. The summed E-state index contributed by atoms with van der Waals surface area (Å²) in [5.41, 5.74) is 0.400. The number of carbonyl (C=O) groups excluding carboxylic acids is 2. The van der Waals surface area contributed by atoms with Crippen molar-refractivity contribution >= 4 is 27.5 Å². The van der Waals surface area contributed by atoms with E-state index in [1.807, 2.05) is 0 Å². The Kier molecular flexibility index (Phi) is 6.21. The van der Waals surface area contributed by atoms with Gasteiger partial charge in [0.25, 0.3) is 5.91 Å². The van der Waals surface area contributed by atoms with Crippen LogP contribution in [0.1, 0.15) is 32.1 Å². The summed E-state index contributed by atoms with van der Waals surface area (Å²) >= 11 is 0. The maximum Gasteiger partial charge on any atom is 0.252 e. The average Bonchev–Trinajstić information content (AvgIpc) is 3.42. The Bertz CT molecular complexity index is 1090. The molecule has 1 unspecified atom stereocenters.